The molecule has 112 valence electrons. The molecule has 1 aliphatic rings. The van der Waals surface area contributed by atoms with E-state index in [1.54, 1.807) is 0 Å². The zero-order valence-corrected chi connectivity index (χ0v) is 14.4. The van der Waals surface area contributed by atoms with E-state index in [1.165, 1.54) is 54.4 Å². The summed E-state index contributed by atoms with van der Waals surface area (Å²) in [6.07, 6.45) is 6.68. The molecule has 1 N–H and O–H groups in total. The maximum atomic E-state index is 3.74. The van der Waals surface area contributed by atoms with Gasteiger partial charge >= 0.3 is 0 Å². The zero-order chi connectivity index (χ0) is 14.4. The van der Waals surface area contributed by atoms with E-state index in [0.717, 1.165) is 13.1 Å². The molecule has 0 radical (unpaired) electrons. The molecule has 0 aromatic heterocycles. The Balaban J connectivity index is 2.16. The first-order valence-electron chi connectivity index (χ1n) is 8.02. The number of nitrogens with zero attached hydrogens (tertiary/aromatic N) is 1. The van der Waals surface area contributed by atoms with Gasteiger partial charge in [-0.2, -0.15) is 0 Å². The summed E-state index contributed by atoms with van der Waals surface area (Å²) in [6, 6.07) is 7.58. The highest BCUT2D eigenvalue weighted by molar-refractivity contribution is 9.10. The van der Waals surface area contributed by atoms with Gasteiger partial charge < -0.3 is 10.2 Å². The monoisotopic (exact) mass is 338 g/mol. The van der Waals surface area contributed by atoms with Crippen LogP contribution in [0.4, 0.5) is 5.69 Å². The average Bonchev–Trinajstić information content (AvgIpc) is 2.71. The number of anilines is 1. The summed E-state index contributed by atoms with van der Waals surface area (Å²) in [5, 5.41) is 3.39. The zero-order valence-electron chi connectivity index (χ0n) is 12.8. The van der Waals surface area contributed by atoms with Crippen molar-refractivity contribution in [3.8, 4) is 0 Å². The summed E-state index contributed by atoms with van der Waals surface area (Å²) in [5.74, 6) is 0. The molecule has 2 rings (SSSR count). The maximum absolute atomic E-state index is 3.74. The molecule has 1 aliphatic heterocycles. The second kappa shape index (κ2) is 8.04. The van der Waals surface area contributed by atoms with E-state index >= 15 is 0 Å². The molecular weight excluding hydrogens is 312 g/mol. The normalized spacial score (nSPS) is 19.9. The van der Waals surface area contributed by atoms with Crippen molar-refractivity contribution in [1.82, 2.24) is 5.32 Å². The van der Waals surface area contributed by atoms with Gasteiger partial charge in [-0.1, -0.05) is 48.7 Å². The first-order chi connectivity index (χ1) is 9.76. The smallest absolute Gasteiger partial charge is 0.0380 e. The third-order valence-electron chi connectivity index (χ3n) is 4.28. The Morgan fingerprint density at radius 2 is 2.10 bits per heavy atom. The van der Waals surface area contributed by atoms with Gasteiger partial charge in [-0.15, -0.1) is 0 Å². The van der Waals surface area contributed by atoms with Gasteiger partial charge in [0, 0.05) is 29.3 Å². The Bertz CT molecular complexity index is 419. The van der Waals surface area contributed by atoms with E-state index in [0.29, 0.717) is 6.04 Å². The van der Waals surface area contributed by atoms with Crippen molar-refractivity contribution in [3.05, 3.63) is 28.2 Å². The minimum atomic E-state index is 0.712. The summed E-state index contributed by atoms with van der Waals surface area (Å²) in [5.41, 5.74) is 2.73. The highest BCUT2D eigenvalue weighted by Gasteiger charge is 2.20. The van der Waals surface area contributed by atoms with Crippen molar-refractivity contribution in [2.24, 2.45) is 0 Å². The van der Waals surface area contributed by atoms with Crippen LogP contribution in [0.1, 0.15) is 51.5 Å². The molecule has 1 saturated heterocycles. The van der Waals surface area contributed by atoms with E-state index in [2.05, 4.69) is 58.2 Å². The quantitative estimate of drug-likeness (QED) is 0.835. The van der Waals surface area contributed by atoms with Gasteiger partial charge in [0.1, 0.15) is 0 Å². The van der Waals surface area contributed by atoms with Crippen LogP contribution in [0.25, 0.3) is 0 Å². The Morgan fingerprint density at radius 3 is 2.80 bits per heavy atom. The lowest BCUT2D eigenvalue weighted by Gasteiger charge is -2.32. The molecular formula is C17H27BrN2. The third kappa shape index (κ3) is 3.98. The predicted octanol–water partition coefficient (Wildman–Crippen LogP) is 4.72. The van der Waals surface area contributed by atoms with Crippen LogP contribution in [0.5, 0.6) is 0 Å². The predicted molar refractivity (Wildman–Crippen MR) is 91.4 cm³/mol. The summed E-state index contributed by atoms with van der Waals surface area (Å²) in [6.45, 7) is 7.62. The minimum absolute atomic E-state index is 0.712. The van der Waals surface area contributed by atoms with E-state index in [4.69, 9.17) is 0 Å². The number of nitrogens with one attached hydrogen (secondary N) is 1. The topological polar surface area (TPSA) is 15.3 Å². The molecule has 1 fully saturated rings. The number of rotatable bonds is 5. The van der Waals surface area contributed by atoms with Crippen molar-refractivity contribution >= 4 is 21.6 Å². The number of halogens is 1. The number of benzene rings is 1. The van der Waals surface area contributed by atoms with Gasteiger partial charge in [-0.3, -0.25) is 0 Å². The second-order valence-corrected chi connectivity index (χ2v) is 6.52. The fourth-order valence-electron chi connectivity index (χ4n) is 3.06. The molecule has 1 aromatic rings. The van der Waals surface area contributed by atoms with E-state index in [1.807, 2.05) is 0 Å². The van der Waals surface area contributed by atoms with Crippen molar-refractivity contribution < 1.29 is 0 Å². The highest BCUT2D eigenvalue weighted by Crippen LogP contribution is 2.29. The van der Waals surface area contributed by atoms with Gasteiger partial charge in [0.25, 0.3) is 0 Å². The number of hydrogen-bond acceptors (Lipinski definition) is 2. The highest BCUT2D eigenvalue weighted by atomic mass is 79.9. The average molecular weight is 339 g/mol. The molecule has 0 saturated carbocycles. The Labute approximate surface area is 132 Å². The fourth-order valence-corrected chi connectivity index (χ4v) is 3.57. The van der Waals surface area contributed by atoms with Crippen LogP contribution < -0.4 is 10.2 Å². The summed E-state index contributed by atoms with van der Waals surface area (Å²) in [7, 11) is 0. The molecule has 2 nitrogen and oxygen atoms in total. The van der Waals surface area contributed by atoms with Crippen LogP contribution in [0, 0.1) is 0 Å². The van der Waals surface area contributed by atoms with E-state index in [9.17, 15) is 0 Å². The van der Waals surface area contributed by atoms with E-state index in [-0.39, 0.29) is 0 Å². The van der Waals surface area contributed by atoms with Crippen LogP contribution >= 0.6 is 15.9 Å². The molecule has 0 aliphatic carbocycles. The molecule has 0 bridgehead atoms. The molecule has 3 heteroatoms. The van der Waals surface area contributed by atoms with Gasteiger partial charge in [-0.05, 0) is 43.5 Å². The van der Waals surface area contributed by atoms with Gasteiger partial charge in [0.15, 0.2) is 0 Å². The number of hydrogen-bond donors (Lipinski definition) is 1. The van der Waals surface area contributed by atoms with Crippen molar-refractivity contribution in [2.45, 2.75) is 58.5 Å². The molecule has 1 atom stereocenters. The SMILES string of the molecule is CCNCc1ccc(N2CCCCCC2CC)cc1Br. The van der Waals surface area contributed by atoms with Crippen LogP contribution in [0.15, 0.2) is 22.7 Å². The Morgan fingerprint density at radius 1 is 1.25 bits per heavy atom. The fraction of sp³-hybridized carbons (Fsp3) is 0.647. The lowest BCUT2D eigenvalue weighted by atomic mass is 10.1. The van der Waals surface area contributed by atoms with Crippen LogP contribution in [-0.2, 0) is 6.54 Å². The maximum Gasteiger partial charge on any atom is 0.0380 e. The Kier molecular flexibility index (Phi) is 6.37. The van der Waals surface area contributed by atoms with Gasteiger partial charge in [0.2, 0.25) is 0 Å². The minimum Gasteiger partial charge on any atom is -0.369 e. The van der Waals surface area contributed by atoms with Crippen LogP contribution in [0.3, 0.4) is 0 Å². The van der Waals surface area contributed by atoms with E-state index < -0.39 is 0 Å². The molecule has 1 aromatic carbocycles. The second-order valence-electron chi connectivity index (χ2n) is 5.66. The summed E-state index contributed by atoms with van der Waals surface area (Å²) in [4.78, 5) is 2.62. The molecule has 1 unspecified atom stereocenters. The molecule has 1 heterocycles. The summed E-state index contributed by atoms with van der Waals surface area (Å²) >= 11 is 3.74. The lowest BCUT2D eigenvalue weighted by Crippen LogP contribution is -2.34. The van der Waals surface area contributed by atoms with Gasteiger partial charge in [-0.25, -0.2) is 0 Å². The molecule has 0 amide bonds. The van der Waals surface area contributed by atoms with Crippen LogP contribution in [0.2, 0.25) is 0 Å². The standard InChI is InChI=1S/C17H27BrN2/c1-3-15-8-6-5-7-11-20(15)16-10-9-14(13-19-4-2)17(18)12-16/h9-10,12,15,19H,3-8,11,13H2,1-2H3. The largest absolute Gasteiger partial charge is 0.369 e. The van der Waals surface area contributed by atoms with Crippen LogP contribution in [-0.4, -0.2) is 19.1 Å². The lowest BCUT2D eigenvalue weighted by molar-refractivity contribution is 0.556. The first-order valence-corrected chi connectivity index (χ1v) is 8.81. The molecule has 0 spiro atoms. The van der Waals surface area contributed by atoms with Crippen molar-refractivity contribution in [2.75, 3.05) is 18.0 Å². The first kappa shape index (κ1) is 15.8. The molecule has 20 heavy (non-hydrogen) atoms. The van der Waals surface area contributed by atoms with Gasteiger partial charge in [0.05, 0.1) is 0 Å². The Hall–Kier alpha value is -0.540. The summed E-state index contributed by atoms with van der Waals surface area (Å²) < 4.78 is 1.23. The van der Waals surface area contributed by atoms with Crippen molar-refractivity contribution in [3.63, 3.8) is 0 Å². The van der Waals surface area contributed by atoms with Crippen molar-refractivity contribution in [1.29, 1.82) is 0 Å². The third-order valence-corrected chi connectivity index (χ3v) is 5.02.